The predicted octanol–water partition coefficient (Wildman–Crippen LogP) is 4.52. The molecule has 136 valence electrons. The van der Waals surface area contributed by atoms with Crippen molar-refractivity contribution in [1.82, 2.24) is 4.90 Å². The Kier molecular flexibility index (Phi) is 5.55. The van der Waals surface area contributed by atoms with Gasteiger partial charge in [0.05, 0.1) is 20.5 Å². The van der Waals surface area contributed by atoms with Crippen molar-refractivity contribution in [3.05, 3.63) is 67.1 Å². The number of para-hydroxylation sites is 1. The standard InChI is InChI=1S/C17H14Cl3N3O3/c18-11-4-5-13(19)12(10-11)17(24)22-8-6-21(7-9-22)16-14(20)2-1-3-15(16)23(25)26/h1-5,10H,6-9H2. The molecule has 2 aromatic rings. The number of nitro benzene ring substituents is 1. The van der Waals surface area contributed by atoms with Gasteiger partial charge in [0.25, 0.3) is 11.6 Å². The van der Waals surface area contributed by atoms with Crippen LogP contribution < -0.4 is 4.90 Å². The molecule has 0 aromatic heterocycles. The van der Waals surface area contributed by atoms with Crippen LogP contribution in [-0.4, -0.2) is 41.9 Å². The molecule has 2 aromatic carbocycles. The summed E-state index contributed by atoms with van der Waals surface area (Å²) in [6.07, 6.45) is 0. The number of hydrogen-bond donors (Lipinski definition) is 0. The molecule has 1 heterocycles. The summed E-state index contributed by atoms with van der Waals surface area (Å²) in [4.78, 5) is 27.0. The molecule has 1 aliphatic heterocycles. The summed E-state index contributed by atoms with van der Waals surface area (Å²) in [6, 6.07) is 9.33. The Morgan fingerprint density at radius 3 is 2.35 bits per heavy atom. The number of carbonyl (C=O) groups is 1. The van der Waals surface area contributed by atoms with Crippen LogP contribution in [0, 0.1) is 10.1 Å². The van der Waals surface area contributed by atoms with Crippen molar-refractivity contribution in [3.8, 4) is 0 Å². The fourth-order valence-electron chi connectivity index (χ4n) is 2.93. The SMILES string of the molecule is O=C(c1cc(Cl)ccc1Cl)N1CCN(c2c(Cl)cccc2[N+](=O)[O-])CC1. The van der Waals surface area contributed by atoms with Gasteiger partial charge in [-0.3, -0.25) is 14.9 Å². The number of amides is 1. The molecule has 0 N–H and O–H groups in total. The van der Waals surface area contributed by atoms with Gasteiger partial charge in [0.2, 0.25) is 0 Å². The molecular formula is C17H14Cl3N3O3. The molecule has 6 nitrogen and oxygen atoms in total. The van der Waals surface area contributed by atoms with Gasteiger partial charge in [-0.1, -0.05) is 40.9 Å². The molecule has 1 fully saturated rings. The Labute approximate surface area is 165 Å². The molecule has 0 spiro atoms. The Balaban J connectivity index is 1.77. The molecule has 0 saturated carbocycles. The highest BCUT2D eigenvalue weighted by atomic mass is 35.5. The Bertz CT molecular complexity index is 868. The Hall–Kier alpha value is -2.02. The van der Waals surface area contributed by atoms with Gasteiger partial charge in [-0.25, -0.2) is 0 Å². The summed E-state index contributed by atoms with van der Waals surface area (Å²) in [6.45, 7) is 1.64. The minimum atomic E-state index is -0.454. The molecule has 0 aliphatic carbocycles. The first-order chi connectivity index (χ1) is 12.4. The lowest BCUT2D eigenvalue weighted by Gasteiger charge is -2.36. The quantitative estimate of drug-likeness (QED) is 0.547. The minimum Gasteiger partial charge on any atom is -0.361 e. The molecule has 26 heavy (non-hydrogen) atoms. The first kappa shape index (κ1) is 18.8. The highest BCUT2D eigenvalue weighted by Crippen LogP contribution is 2.36. The van der Waals surface area contributed by atoms with Gasteiger partial charge < -0.3 is 9.80 Å². The van der Waals surface area contributed by atoms with Gasteiger partial charge in [0.15, 0.2) is 0 Å². The van der Waals surface area contributed by atoms with Crippen molar-refractivity contribution in [1.29, 1.82) is 0 Å². The molecule has 0 atom stereocenters. The summed E-state index contributed by atoms with van der Waals surface area (Å²) in [5.41, 5.74) is 0.679. The average Bonchev–Trinajstić information content (AvgIpc) is 2.63. The zero-order chi connectivity index (χ0) is 18.8. The summed E-state index contributed by atoms with van der Waals surface area (Å²) in [5.74, 6) is -0.217. The van der Waals surface area contributed by atoms with E-state index in [9.17, 15) is 14.9 Å². The van der Waals surface area contributed by atoms with E-state index in [4.69, 9.17) is 34.8 Å². The molecule has 1 saturated heterocycles. The Morgan fingerprint density at radius 1 is 1.00 bits per heavy atom. The third-order valence-corrected chi connectivity index (χ3v) is 5.07. The van der Waals surface area contributed by atoms with Gasteiger partial charge in [0, 0.05) is 37.3 Å². The van der Waals surface area contributed by atoms with Crippen molar-refractivity contribution in [3.63, 3.8) is 0 Å². The van der Waals surface area contributed by atoms with Gasteiger partial charge in [-0.05, 0) is 24.3 Å². The fourth-order valence-corrected chi connectivity index (χ4v) is 3.59. The molecular weight excluding hydrogens is 401 g/mol. The molecule has 0 radical (unpaired) electrons. The van der Waals surface area contributed by atoms with E-state index in [1.807, 2.05) is 4.90 Å². The number of nitro groups is 1. The van der Waals surface area contributed by atoms with Crippen LogP contribution in [-0.2, 0) is 0 Å². The molecule has 0 unspecified atom stereocenters. The van der Waals surface area contributed by atoms with Crippen molar-refractivity contribution in [2.75, 3.05) is 31.1 Å². The first-order valence-corrected chi connectivity index (χ1v) is 8.94. The maximum Gasteiger partial charge on any atom is 0.294 e. The first-order valence-electron chi connectivity index (χ1n) is 7.80. The number of carbonyl (C=O) groups excluding carboxylic acids is 1. The largest absolute Gasteiger partial charge is 0.361 e. The average molecular weight is 415 g/mol. The molecule has 9 heteroatoms. The highest BCUT2D eigenvalue weighted by molar-refractivity contribution is 6.35. The molecule has 1 aliphatic rings. The smallest absolute Gasteiger partial charge is 0.294 e. The summed E-state index contributed by atoms with van der Waals surface area (Å²) in [5, 5.41) is 12.4. The van der Waals surface area contributed by atoms with E-state index < -0.39 is 4.92 Å². The monoisotopic (exact) mass is 413 g/mol. The van der Waals surface area contributed by atoms with Crippen molar-refractivity contribution < 1.29 is 9.72 Å². The number of nitrogens with zero attached hydrogens (tertiary/aromatic N) is 3. The van der Waals surface area contributed by atoms with Crippen LogP contribution in [0.25, 0.3) is 0 Å². The van der Waals surface area contributed by atoms with Crippen LogP contribution in [0.15, 0.2) is 36.4 Å². The van der Waals surface area contributed by atoms with Crippen LogP contribution in [0.2, 0.25) is 15.1 Å². The molecule has 1 amide bonds. The van der Waals surface area contributed by atoms with Crippen LogP contribution in [0.3, 0.4) is 0 Å². The minimum absolute atomic E-state index is 0.0461. The highest BCUT2D eigenvalue weighted by Gasteiger charge is 2.28. The number of rotatable bonds is 3. The summed E-state index contributed by atoms with van der Waals surface area (Å²) in [7, 11) is 0. The second-order valence-corrected chi connectivity index (χ2v) is 7.02. The van der Waals surface area contributed by atoms with E-state index in [1.54, 1.807) is 29.2 Å². The maximum absolute atomic E-state index is 12.7. The van der Waals surface area contributed by atoms with Crippen LogP contribution in [0.5, 0.6) is 0 Å². The normalized spacial score (nSPS) is 14.4. The van der Waals surface area contributed by atoms with Crippen molar-refractivity contribution in [2.24, 2.45) is 0 Å². The van der Waals surface area contributed by atoms with Crippen LogP contribution in [0.4, 0.5) is 11.4 Å². The van der Waals surface area contributed by atoms with Crippen molar-refractivity contribution >= 4 is 52.1 Å². The third-order valence-electron chi connectivity index (χ3n) is 4.20. The lowest BCUT2D eigenvalue weighted by Crippen LogP contribution is -2.49. The second kappa shape index (κ2) is 7.70. The van der Waals surface area contributed by atoms with Gasteiger partial charge in [-0.2, -0.15) is 0 Å². The van der Waals surface area contributed by atoms with E-state index >= 15 is 0 Å². The van der Waals surface area contributed by atoms with E-state index in [2.05, 4.69) is 0 Å². The maximum atomic E-state index is 12.7. The summed E-state index contributed by atoms with van der Waals surface area (Å²) >= 11 is 18.2. The zero-order valence-electron chi connectivity index (χ0n) is 13.5. The zero-order valence-corrected chi connectivity index (χ0v) is 15.8. The lowest BCUT2D eigenvalue weighted by molar-refractivity contribution is -0.384. The van der Waals surface area contributed by atoms with E-state index in [1.165, 1.54) is 12.1 Å². The predicted molar refractivity (Wildman–Crippen MR) is 103 cm³/mol. The topological polar surface area (TPSA) is 66.7 Å². The van der Waals surface area contributed by atoms with E-state index in [-0.39, 0.29) is 11.6 Å². The number of hydrogen-bond acceptors (Lipinski definition) is 4. The second-order valence-electron chi connectivity index (χ2n) is 5.77. The van der Waals surface area contributed by atoms with Crippen molar-refractivity contribution in [2.45, 2.75) is 0 Å². The number of benzene rings is 2. The number of piperazine rings is 1. The number of anilines is 1. The van der Waals surface area contributed by atoms with Gasteiger partial charge in [-0.15, -0.1) is 0 Å². The number of halogens is 3. The van der Waals surface area contributed by atoms with Crippen LogP contribution in [0.1, 0.15) is 10.4 Å². The lowest BCUT2D eigenvalue weighted by atomic mass is 10.1. The Morgan fingerprint density at radius 2 is 1.69 bits per heavy atom. The molecule has 0 bridgehead atoms. The molecule has 3 rings (SSSR count). The van der Waals surface area contributed by atoms with Gasteiger partial charge >= 0.3 is 0 Å². The summed E-state index contributed by atoms with van der Waals surface area (Å²) < 4.78 is 0. The fraction of sp³-hybridized carbons (Fsp3) is 0.235. The van der Waals surface area contributed by atoms with E-state index in [0.29, 0.717) is 52.5 Å². The van der Waals surface area contributed by atoms with Crippen LogP contribution >= 0.6 is 34.8 Å². The van der Waals surface area contributed by atoms with Gasteiger partial charge in [0.1, 0.15) is 5.69 Å². The van der Waals surface area contributed by atoms with E-state index in [0.717, 1.165) is 0 Å². The third kappa shape index (κ3) is 3.72.